The predicted molar refractivity (Wildman–Crippen MR) is 46.3 cm³/mol. The van der Waals surface area contributed by atoms with Crippen molar-refractivity contribution in [1.82, 2.24) is 0 Å². The van der Waals surface area contributed by atoms with E-state index in [1.54, 1.807) is 6.92 Å². The molecule has 0 radical (unpaired) electrons. The Hall–Kier alpha value is -1.02. The Morgan fingerprint density at radius 1 is 1.50 bits per heavy atom. The first-order chi connectivity index (χ1) is 5.77. The second-order valence-electron chi connectivity index (χ2n) is 3.14. The number of hydrogen-bond acceptors (Lipinski definition) is 2. The van der Waals surface area contributed by atoms with Gasteiger partial charge in [0.25, 0.3) is 0 Å². The molecule has 1 N–H and O–H groups in total. The molecule has 0 amide bonds. The van der Waals surface area contributed by atoms with E-state index in [1.807, 2.05) is 18.2 Å². The van der Waals surface area contributed by atoms with Crippen LogP contribution >= 0.6 is 0 Å². The topological polar surface area (TPSA) is 29.5 Å². The average molecular weight is 164 g/mol. The maximum Gasteiger partial charge on any atom is 0.122 e. The summed E-state index contributed by atoms with van der Waals surface area (Å²) in [6.07, 6.45) is 0.589. The van der Waals surface area contributed by atoms with E-state index in [0.717, 1.165) is 24.3 Å². The zero-order valence-corrected chi connectivity index (χ0v) is 7.08. The van der Waals surface area contributed by atoms with Gasteiger partial charge in [0, 0.05) is 6.42 Å². The van der Waals surface area contributed by atoms with Gasteiger partial charge >= 0.3 is 0 Å². The number of ether oxygens (including phenoxy) is 1. The monoisotopic (exact) mass is 164 g/mol. The molecular formula is C10H12O2. The first kappa shape index (κ1) is 7.62. The van der Waals surface area contributed by atoms with E-state index in [2.05, 4.69) is 0 Å². The van der Waals surface area contributed by atoms with Crippen molar-refractivity contribution in [2.45, 2.75) is 19.4 Å². The molecule has 0 saturated heterocycles. The average Bonchev–Trinajstić information content (AvgIpc) is 2.49. The molecule has 0 spiro atoms. The summed E-state index contributed by atoms with van der Waals surface area (Å²) < 4.78 is 5.35. The van der Waals surface area contributed by atoms with Gasteiger partial charge in [-0.25, -0.2) is 0 Å². The fourth-order valence-corrected chi connectivity index (χ4v) is 1.47. The zero-order chi connectivity index (χ0) is 8.55. The van der Waals surface area contributed by atoms with E-state index >= 15 is 0 Å². The largest absolute Gasteiger partial charge is 0.493 e. The van der Waals surface area contributed by atoms with Crippen molar-refractivity contribution >= 4 is 0 Å². The molecule has 0 unspecified atom stereocenters. The van der Waals surface area contributed by atoms with Crippen LogP contribution in [0.4, 0.5) is 0 Å². The van der Waals surface area contributed by atoms with Crippen LogP contribution in [0.5, 0.6) is 5.75 Å². The molecule has 12 heavy (non-hydrogen) atoms. The number of hydrogen-bond donors (Lipinski definition) is 1. The van der Waals surface area contributed by atoms with Gasteiger partial charge in [0.1, 0.15) is 5.75 Å². The highest BCUT2D eigenvalue weighted by Gasteiger charge is 2.12. The molecule has 2 nitrogen and oxygen atoms in total. The van der Waals surface area contributed by atoms with E-state index in [9.17, 15) is 5.11 Å². The van der Waals surface area contributed by atoms with Crippen molar-refractivity contribution in [2.75, 3.05) is 6.61 Å². The number of aliphatic hydroxyl groups excluding tert-OH is 1. The zero-order valence-electron chi connectivity index (χ0n) is 7.08. The summed E-state index contributed by atoms with van der Waals surface area (Å²) in [5.41, 5.74) is 2.19. The second kappa shape index (κ2) is 2.79. The van der Waals surface area contributed by atoms with Crippen LogP contribution in [0.3, 0.4) is 0 Å². The maximum atomic E-state index is 9.31. The molecule has 0 fully saturated rings. The Labute approximate surface area is 71.8 Å². The maximum absolute atomic E-state index is 9.31. The van der Waals surface area contributed by atoms with Crippen LogP contribution < -0.4 is 4.74 Å². The molecule has 2 heteroatoms. The number of fused-ring (bicyclic) bond motifs is 1. The SMILES string of the molecule is C[C@H](O)c1ccc2c(c1)CCO2. The number of aliphatic hydroxyl groups is 1. The Morgan fingerprint density at radius 2 is 2.33 bits per heavy atom. The van der Waals surface area contributed by atoms with E-state index < -0.39 is 0 Å². The van der Waals surface area contributed by atoms with Crippen LogP contribution in [0.15, 0.2) is 18.2 Å². The standard InChI is InChI=1S/C10H12O2/c1-7(11)8-2-3-10-9(6-8)4-5-12-10/h2-3,6-7,11H,4-5H2,1H3/t7-/m0/s1. The lowest BCUT2D eigenvalue weighted by atomic mass is 10.1. The molecule has 64 valence electrons. The predicted octanol–water partition coefficient (Wildman–Crippen LogP) is 1.67. The van der Waals surface area contributed by atoms with Crippen LogP contribution in [0.2, 0.25) is 0 Å². The van der Waals surface area contributed by atoms with Crippen molar-refractivity contribution in [3.8, 4) is 5.75 Å². The van der Waals surface area contributed by atoms with Crippen LogP contribution in [0.1, 0.15) is 24.2 Å². The van der Waals surface area contributed by atoms with Gasteiger partial charge in [0.15, 0.2) is 0 Å². The van der Waals surface area contributed by atoms with Gasteiger partial charge in [0.05, 0.1) is 12.7 Å². The van der Waals surface area contributed by atoms with Crippen molar-refractivity contribution in [3.05, 3.63) is 29.3 Å². The summed E-state index contributed by atoms with van der Waals surface area (Å²) in [6.45, 7) is 2.55. The Kier molecular flexibility index (Phi) is 1.77. The van der Waals surface area contributed by atoms with Crippen LogP contribution in [-0.4, -0.2) is 11.7 Å². The van der Waals surface area contributed by atoms with Gasteiger partial charge in [-0.1, -0.05) is 6.07 Å². The second-order valence-corrected chi connectivity index (χ2v) is 3.14. The van der Waals surface area contributed by atoms with Crippen molar-refractivity contribution in [2.24, 2.45) is 0 Å². The first-order valence-corrected chi connectivity index (χ1v) is 4.21. The van der Waals surface area contributed by atoms with Crippen molar-refractivity contribution in [3.63, 3.8) is 0 Å². The third-order valence-corrected chi connectivity index (χ3v) is 2.20. The third-order valence-electron chi connectivity index (χ3n) is 2.20. The van der Waals surface area contributed by atoms with E-state index in [0.29, 0.717) is 0 Å². The minimum atomic E-state index is -0.379. The summed E-state index contributed by atoms with van der Waals surface area (Å²) in [4.78, 5) is 0. The highest BCUT2D eigenvalue weighted by molar-refractivity contribution is 5.40. The smallest absolute Gasteiger partial charge is 0.122 e. The fraction of sp³-hybridized carbons (Fsp3) is 0.400. The van der Waals surface area contributed by atoms with E-state index in [-0.39, 0.29) is 6.10 Å². The number of benzene rings is 1. The molecule has 2 rings (SSSR count). The molecular weight excluding hydrogens is 152 g/mol. The quantitative estimate of drug-likeness (QED) is 0.684. The van der Waals surface area contributed by atoms with Gasteiger partial charge in [0.2, 0.25) is 0 Å². The lowest BCUT2D eigenvalue weighted by Crippen LogP contribution is -1.91. The molecule has 1 atom stereocenters. The molecule has 0 saturated carbocycles. The lowest BCUT2D eigenvalue weighted by Gasteiger charge is -2.05. The summed E-state index contributed by atoms with van der Waals surface area (Å²) in [7, 11) is 0. The van der Waals surface area contributed by atoms with Gasteiger partial charge in [-0.2, -0.15) is 0 Å². The highest BCUT2D eigenvalue weighted by Crippen LogP contribution is 2.27. The molecule has 1 aromatic rings. The highest BCUT2D eigenvalue weighted by atomic mass is 16.5. The molecule has 0 aromatic heterocycles. The summed E-state index contributed by atoms with van der Waals surface area (Å²) in [6, 6.07) is 5.87. The molecule has 0 aliphatic carbocycles. The molecule has 1 heterocycles. The molecule has 1 aromatic carbocycles. The Morgan fingerprint density at radius 3 is 3.08 bits per heavy atom. The lowest BCUT2D eigenvalue weighted by molar-refractivity contribution is 0.199. The Balaban J connectivity index is 2.39. The van der Waals surface area contributed by atoms with Gasteiger partial charge < -0.3 is 9.84 Å². The van der Waals surface area contributed by atoms with Crippen LogP contribution in [0, 0.1) is 0 Å². The first-order valence-electron chi connectivity index (χ1n) is 4.21. The van der Waals surface area contributed by atoms with Crippen molar-refractivity contribution in [1.29, 1.82) is 0 Å². The third kappa shape index (κ3) is 1.18. The minimum Gasteiger partial charge on any atom is -0.493 e. The van der Waals surface area contributed by atoms with Crippen LogP contribution in [-0.2, 0) is 6.42 Å². The normalized spacial score (nSPS) is 16.8. The molecule has 1 aliphatic heterocycles. The van der Waals surface area contributed by atoms with E-state index in [1.165, 1.54) is 5.56 Å². The van der Waals surface area contributed by atoms with Crippen molar-refractivity contribution < 1.29 is 9.84 Å². The van der Waals surface area contributed by atoms with E-state index in [4.69, 9.17) is 4.74 Å². The fourth-order valence-electron chi connectivity index (χ4n) is 1.47. The summed E-state index contributed by atoms with van der Waals surface area (Å²) in [5, 5.41) is 9.31. The minimum absolute atomic E-state index is 0.379. The molecule has 0 bridgehead atoms. The summed E-state index contributed by atoms with van der Waals surface area (Å²) in [5.74, 6) is 0.972. The molecule has 1 aliphatic rings. The Bertz CT molecular complexity index is 292. The van der Waals surface area contributed by atoms with Crippen LogP contribution in [0.25, 0.3) is 0 Å². The number of rotatable bonds is 1. The van der Waals surface area contributed by atoms with Gasteiger partial charge in [-0.15, -0.1) is 0 Å². The van der Waals surface area contributed by atoms with Gasteiger partial charge in [-0.3, -0.25) is 0 Å². The van der Waals surface area contributed by atoms with Gasteiger partial charge in [-0.05, 0) is 30.2 Å². The summed E-state index contributed by atoms with van der Waals surface area (Å²) >= 11 is 0.